The number of ether oxygens (including phenoxy) is 1. The van der Waals surface area contributed by atoms with Crippen molar-refractivity contribution in [3.63, 3.8) is 0 Å². The molecule has 1 N–H and O–H groups in total. The summed E-state index contributed by atoms with van der Waals surface area (Å²) in [4.78, 5) is 3.95. The average molecular weight is 292 g/mol. The van der Waals surface area contributed by atoms with Crippen LogP contribution in [0.2, 0.25) is 0 Å². The number of pyridine rings is 1. The number of hydrogen-bond acceptors (Lipinski definition) is 4. The largest absolute Gasteiger partial charge is 0.375 e. The molecule has 1 heterocycles. The van der Waals surface area contributed by atoms with Crippen LogP contribution < -0.4 is 4.72 Å². The van der Waals surface area contributed by atoms with Gasteiger partial charge >= 0.3 is 0 Å². The number of nitrogens with one attached hydrogen (secondary N) is 1. The predicted molar refractivity (Wildman–Crippen MR) is 75.6 cm³/mol. The Labute approximate surface area is 118 Å². The Morgan fingerprint density at radius 3 is 2.55 bits per heavy atom. The lowest BCUT2D eigenvalue weighted by atomic mass is 10.1. The van der Waals surface area contributed by atoms with Crippen molar-refractivity contribution in [2.45, 2.75) is 11.0 Å². The molecule has 0 saturated heterocycles. The molecule has 0 saturated carbocycles. The minimum absolute atomic E-state index is 0.142. The van der Waals surface area contributed by atoms with E-state index in [1.807, 2.05) is 30.3 Å². The molecule has 0 aliphatic heterocycles. The van der Waals surface area contributed by atoms with Gasteiger partial charge in [-0.3, -0.25) is 4.98 Å². The molecule has 2 aromatic rings. The highest BCUT2D eigenvalue weighted by Gasteiger charge is 2.17. The molecule has 5 nitrogen and oxygen atoms in total. The van der Waals surface area contributed by atoms with Crippen LogP contribution in [0.4, 0.5) is 0 Å². The van der Waals surface area contributed by atoms with Gasteiger partial charge in [-0.25, -0.2) is 13.1 Å². The van der Waals surface area contributed by atoms with Gasteiger partial charge in [0.1, 0.15) is 4.90 Å². The molecule has 0 radical (unpaired) electrons. The van der Waals surface area contributed by atoms with Gasteiger partial charge in [-0.2, -0.15) is 0 Å². The third kappa shape index (κ3) is 3.63. The zero-order chi connectivity index (χ0) is 14.4. The lowest BCUT2D eigenvalue weighted by molar-refractivity contribution is 0.107. The van der Waals surface area contributed by atoms with E-state index in [1.54, 1.807) is 13.2 Å². The number of nitrogens with zero attached hydrogens (tertiary/aromatic N) is 1. The highest BCUT2D eigenvalue weighted by atomic mass is 32.2. The van der Waals surface area contributed by atoms with E-state index in [9.17, 15) is 8.42 Å². The number of hydrogen-bond donors (Lipinski definition) is 1. The molecule has 20 heavy (non-hydrogen) atoms. The predicted octanol–water partition coefficient (Wildman–Crippen LogP) is 1.75. The van der Waals surface area contributed by atoms with E-state index in [2.05, 4.69) is 9.71 Å². The van der Waals surface area contributed by atoms with Gasteiger partial charge < -0.3 is 4.74 Å². The van der Waals surface area contributed by atoms with Crippen LogP contribution in [0.1, 0.15) is 11.7 Å². The van der Waals surface area contributed by atoms with Crippen LogP contribution >= 0.6 is 0 Å². The fourth-order valence-corrected chi connectivity index (χ4v) is 2.77. The standard InChI is InChI=1S/C14H16N2O3S/c1-19-14(12-6-3-2-4-7-12)11-16-20(17,18)13-8-5-9-15-10-13/h2-10,14,16H,11H2,1H3/t14-/m1/s1. The second kappa shape index (κ2) is 6.60. The third-order valence-electron chi connectivity index (χ3n) is 2.86. The van der Waals surface area contributed by atoms with E-state index < -0.39 is 10.0 Å². The smallest absolute Gasteiger partial charge is 0.242 e. The zero-order valence-corrected chi connectivity index (χ0v) is 11.9. The quantitative estimate of drug-likeness (QED) is 0.880. The molecule has 106 valence electrons. The van der Waals surface area contributed by atoms with E-state index in [0.29, 0.717) is 0 Å². The molecular weight excluding hydrogens is 276 g/mol. The van der Waals surface area contributed by atoms with Crippen molar-refractivity contribution in [1.82, 2.24) is 9.71 Å². The minimum Gasteiger partial charge on any atom is -0.375 e. The van der Waals surface area contributed by atoms with Crippen LogP contribution in [0.5, 0.6) is 0 Å². The van der Waals surface area contributed by atoms with E-state index >= 15 is 0 Å². The molecule has 1 aromatic heterocycles. The van der Waals surface area contributed by atoms with Gasteiger partial charge in [0.2, 0.25) is 10.0 Å². The third-order valence-corrected chi connectivity index (χ3v) is 4.27. The summed E-state index contributed by atoms with van der Waals surface area (Å²) < 4.78 is 32.0. The van der Waals surface area contributed by atoms with Crippen molar-refractivity contribution in [2.24, 2.45) is 0 Å². The van der Waals surface area contributed by atoms with Crippen LogP contribution in [-0.2, 0) is 14.8 Å². The summed E-state index contributed by atoms with van der Waals surface area (Å²) in [6.07, 6.45) is 2.51. The molecular formula is C14H16N2O3S. The summed E-state index contributed by atoms with van der Waals surface area (Å²) >= 11 is 0. The number of methoxy groups -OCH3 is 1. The Hall–Kier alpha value is -1.76. The van der Waals surface area contributed by atoms with Crippen LogP contribution in [0.15, 0.2) is 59.8 Å². The molecule has 2 rings (SSSR count). The first-order chi connectivity index (χ1) is 9.63. The summed E-state index contributed by atoms with van der Waals surface area (Å²) in [5.41, 5.74) is 0.920. The van der Waals surface area contributed by atoms with Crippen LogP contribution in [0.3, 0.4) is 0 Å². The monoisotopic (exact) mass is 292 g/mol. The highest BCUT2D eigenvalue weighted by molar-refractivity contribution is 7.89. The second-order valence-corrected chi connectivity index (χ2v) is 5.94. The molecule has 1 aromatic carbocycles. The van der Waals surface area contributed by atoms with Crippen molar-refractivity contribution < 1.29 is 13.2 Å². The maximum atomic E-state index is 12.1. The topological polar surface area (TPSA) is 68.3 Å². The minimum atomic E-state index is -3.57. The molecule has 0 unspecified atom stereocenters. The number of sulfonamides is 1. The molecule has 0 fully saturated rings. The summed E-state index contributed by atoms with van der Waals surface area (Å²) in [6, 6.07) is 12.5. The van der Waals surface area contributed by atoms with E-state index in [0.717, 1.165) is 5.56 Å². The fraction of sp³-hybridized carbons (Fsp3) is 0.214. The normalized spacial score (nSPS) is 13.1. The van der Waals surface area contributed by atoms with Crippen molar-refractivity contribution in [2.75, 3.05) is 13.7 Å². The molecule has 0 aliphatic rings. The number of aromatic nitrogens is 1. The van der Waals surface area contributed by atoms with Crippen molar-refractivity contribution in [3.8, 4) is 0 Å². The van der Waals surface area contributed by atoms with Gasteiger partial charge in [-0.15, -0.1) is 0 Å². The Kier molecular flexibility index (Phi) is 4.84. The number of benzene rings is 1. The second-order valence-electron chi connectivity index (χ2n) is 4.18. The van der Waals surface area contributed by atoms with Crippen LogP contribution in [0.25, 0.3) is 0 Å². The van der Waals surface area contributed by atoms with Gasteiger partial charge in [0, 0.05) is 26.0 Å². The summed E-state index contributed by atoms with van der Waals surface area (Å²) in [7, 11) is -2.01. The first kappa shape index (κ1) is 14.6. The highest BCUT2D eigenvalue weighted by Crippen LogP contribution is 2.16. The molecule has 6 heteroatoms. The lowest BCUT2D eigenvalue weighted by Gasteiger charge is -2.16. The molecule has 1 atom stereocenters. The van der Waals surface area contributed by atoms with Gasteiger partial charge in [0.05, 0.1) is 6.10 Å². The van der Waals surface area contributed by atoms with Gasteiger partial charge in [0.25, 0.3) is 0 Å². The summed E-state index contributed by atoms with van der Waals surface area (Å²) in [6.45, 7) is 0.164. The first-order valence-electron chi connectivity index (χ1n) is 6.11. The van der Waals surface area contributed by atoms with Gasteiger partial charge in [0.15, 0.2) is 0 Å². The molecule has 0 spiro atoms. The van der Waals surface area contributed by atoms with Gasteiger partial charge in [-0.05, 0) is 17.7 Å². The zero-order valence-electron chi connectivity index (χ0n) is 11.1. The Bertz CT molecular complexity index is 630. The van der Waals surface area contributed by atoms with Crippen molar-refractivity contribution in [3.05, 3.63) is 60.4 Å². The lowest BCUT2D eigenvalue weighted by Crippen LogP contribution is -2.29. The van der Waals surface area contributed by atoms with E-state index in [1.165, 1.54) is 18.5 Å². The first-order valence-corrected chi connectivity index (χ1v) is 7.59. The number of rotatable bonds is 6. The van der Waals surface area contributed by atoms with E-state index in [-0.39, 0.29) is 17.5 Å². The SMILES string of the molecule is CO[C@H](CNS(=O)(=O)c1cccnc1)c1ccccc1. The van der Waals surface area contributed by atoms with Gasteiger partial charge in [-0.1, -0.05) is 30.3 Å². The summed E-state index contributed by atoms with van der Waals surface area (Å²) in [5, 5.41) is 0. The Morgan fingerprint density at radius 1 is 1.20 bits per heavy atom. The maximum Gasteiger partial charge on any atom is 0.242 e. The molecule has 0 bridgehead atoms. The van der Waals surface area contributed by atoms with Crippen LogP contribution in [-0.4, -0.2) is 27.1 Å². The molecule has 0 aliphatic carbocycles. The van der Waals surface area contributed by atoms with Crippen molar-refractivity contribution in [1.29, 1.82) is 0 Å². The Morgan fingerprint density at radius 2 is 1.95 bits per heavy atom. The van der Waals surface area contributed by atoms with E-state index in [4.69, 9.17) is 4.74 Å². The van der Waals surface area contributed by atoms with Crippen molar-refractivity contribution >= 4 is 10.0 Å². The average Bonchev–Trinajstić information content (AvgIpc) is 2.50. The fourth-order valence-electron chi connectivity index (χ4n) is 1.78. The van der Waals surface area contributed by atoms with Crippen LogP contribution in [0, 0.1) is 0 Å². The Balaban J connectivity index is 2.07. The maximum absolute atomic E-state index is 12.1. The molecule has 0 amide bonds. The summed E-state index contributed by atoms with van der Waals surface area (Å²) in [5.74, 6) is 0.